The summed E-state index contributed by atoms with van der Waals surface area (Å²) in [6.45, 7) is 6.53. The second-order valence-electron chi connectivity index (χ2n) is 7.80. The van der Waals surface area contributed by atoms with Crippen molar-refractivity contribution in [2.45, 2.75) is 58.2 Å². The van der Waals surface area contributed by atoms with Crippen LogP contribution in [0.2, 0.25) is 0 Å². The molecule has 0 radical (unpaired) electrons. The zero-order valence-electron chi connectivity index (χ0n) is 17.1. The Labute approximate surface area is 166 Å². The lowest BCUT2D eigenvalue weighted by Gasteiger charge is -2.35. The van der Waals surface area contributed by atoms with Gasteiger partial charge in [-0.2, -0.15) is 0 Å². The molecule has 1 saturated heterocycles. The minimum atomic E-state index is -0.00930. The summed E-state index contributed by atoms with van der Waals surface area (Å²) in [6.07, 6.45) is 5.77. The lowest BCUT2D eigenvalue weighted by molar-refractivity contribution is -0.129. The molecule has 8 nitrogen and oxygen atoms in total. The maximum atomic E-state index is 12.4. The van der Waals surface area contributed by atoms with E-state index in [4.69, 9.17) is 9.72 Å². The van der Waals surface area contributed by atoms with Crippen LogP contribution in [0.25, 0.3) is 0 Å². The Morgan fingerprint density at radius 2 is 2.18 bits per heavy atom. The van der Waals surface area contributed by atoms with E-state index in [2.05, 4.69) is 15.2 Å². The number of amides is 2. The monoisotopic (exact) mass is 389 g/mol. The number of nitrogens with zero attached hydrogens (tertiary/aromatic N) is 4. The number of rotatable bonds is 6. The van der Waals surface area contributed by atoms with Crippen LogP contribution in [0.15, 0.2) is 6.20 Å². The molecule has 1 aromatic heterocycles. The van der Waals surface area contributed by atoms with Gasteiger partial charge in [0.1, 0.15) is 5.82 Å². The zero-order valence-corrected chi connectivity index (χ0v) is 17.1. The van der Waals surface area contributed by atoms with E-state index in [-0.39, 0.29) is 23.9 Å². The van der Waals surface area contributed by atoms with E-state index in [0.29, 0.717) is 26.2 Å². The van der Waals surface area contributed by atoms with Gasteiger partial charge in [0.25, 0.3) is 0 Å². The van der Waals surface area contributed by atoms with Crippen molar-refractivity contribution in [3.63, 3.8) is 0 Å². The van der Waals surface area contributed by atoms with Crippen LogP contribution in [0.5, 0.6) is 0 Å². The molecule has 28 heavy (non-hydrogen) atoms. The van der Waals surface area contributed by atoms with Crippen molar-refractivity contribution in [1.82, 2.24) is 25.1 Å². The SMILES string of the molecule is COCC(C)NC(=O)CN1CCCCC1c1ncc2c(n1)CCN(C(C)=O)C2. The molecule has 1 fully saturated rings. The van der Waals surface area contributed by atoms with Crippen LogP contribution in [0.3, 0.4) is 0 Å². The molecule has 3 rings (SSSR count). The molecule has 0 spiro atoms. The molecule has 2 aliphatic heterocycles. The minimum Gasteiger partial charge on any atom is -0.383 e. The van der Waals surface area contributed by atoms with Gasteiger partial charge in [-0.05, 0) is 26.3 Å². The van der Waals surface area contributed by atoms with Crippen LogP contribution in [0.4, 0.5) is 0 Å². The van der Waals surface area contributed by atoms with Gasteiger partial charge in [0.2, 0.25) is 11.8 Å². The van der Waals surface area contributed by atoms with Gasteiger partial charge in [-0.15, -0.1) is 0 Å². The summed E-state index contributed by atoms with van der Waals surface area (Å²) < 4.78 is 5.09. The molecule has 0 aliphatic carbocycles. The summed E-state index contributed by atoms with van der Waals surface area (Å²) in [7, 11) is 1.63. The maximum Gasteiger partial charge on any atom is 0.234 e. The second kappa shape index (κ2) is 9.43. The van der Waals surface area contributed by atoms with Crippen molar-refractivity contribution in [2.24, 2.45) is 0 Å². The van der Waals surface area contributed by atoms with Gasteiger partial charge in [-0.1, -0.05) is 6.42 Å². The number of piperidine rings is 1. The molecule has 8 heteroatoms. The number of methoxy groups -OCH3 is 1. The van der Waals surface area contributed by atoms with Crippen LogP contribution >= 0.6 is 0 Å². The van der Waals surface area contributed by atoms with Gasteiger partial charge in [-0.3, -0.25) is 14.5 Å². The molecule has 2 amide bonds. The van der Waals surface area contributed by atoms with Gasteiger partial charge < -0.3 is 15.0 Å². The van der Waals surface area contributed by atoms with Crippen molar-refractivity contribution in [3.8, 4) is 0 Å². The lowest BCUT2D eigenvalue weighted by Crippen LogP contribution is -2.45. The molecule has 3 heterocycles. The predicted octanol–water partition coefficient (Wildman–Crippen LogP) is 1.06. The van der Waals surface area contributed by atoms with Crippen molar-refractivity contribution in [1.29, 1.82) is 0 Å². The smallest absolute Gasteiger partial charge is 0.234 e. The summed E-state index contributed by atoms with van der Waals surface area (Å²) in [5.41, 5.74) is 2.06. The number of nitrogens with one attached hydrogen (secondary N) is 1. The van der Waals surface area contributed by atoms with Crippen molar-refractivity contribution < 1.29 is 14.3 Å². The largest absolute Gasteiger partial charge is 0.383 e. The number of hydrogen-bond acceptors (Lipinski definition) is 6. The third-order valence-corrected chi connectivity index (χ3v) is 5.48. The molecule has 0 aromatic carbocycles. The Kier molecular flexibility index (Phi) is 6.96. The number of likely N-dealkylation sites (tertiary alicyclic amines) is 1. The number of carbonyl (C=O) groups is 2. The van der Waals surface area contributed by atoms with Crippen LogP contribution in [0, 0.1) is 0 Å². The first kappa shape index (κ1) is 20.7. The van der Waals surface area contributed by atoms with Crippen molar-refractivity contribution >= 4 is 11.8 Å². The van der Waals surface area contributed by atoms with Crippen LogP contribution in [0.1, 0.15) is 56.2 Å². The molecule has 0 bridgehead atoms. The quantitative estimate of drug-likeness (QED) is 0.783. The van der Waals surface area contributed by atoms with Gasteiger partial charge in [0.05, 0.1) is 24.9 Å². The highest BCUT2D eigenvalue weighted by Crippen LogP contribution is 2.29. The average Bonchev–Trinajstić information content (AvgIpc) is 2.67. The Bertz CT molecular complexity index is 711. The van der Waals surface area contributed by atoms with Crippen LogP contribution in [-0.2, 0) is 27.3 Å². The third-order valence-electron chi connectivity index (χ3n) is 5.48. The Morgan fingerprint density at radius 1 is 1.36 bits per heavy atom. The summed E-state index contributed by atoms with van der Waals surface area (Å²) in [4.78, 5) is 37.5. The fourth-order valence-corrected chi connectivity index (χ4v) is 4.03. The Hall–Kier alpha value is -2.06. The number of hydrogen-bond donors (Lipinski definition) is 1. The standard InChI is InChI=1S/C20H31N5O3/c1-14(13-28-3)22-19(27)12-25-8-5-4-6-18(25)20-21-10-16-11-24(15(2)26)9-7-17(16)23-20/h10,14,18H,4-9,11-13H2,1-3H3,(H,22,27). The van der Waals surface area contributed by atoms with E-state index in [1.807, 2.05) is 18.0 Å². The number of aromatic nitrogens is 2. The topological polar surface area (TPSA) is 87.7 Å². The minimum absolute atomic E-state index is 0.00603. The first-order chi connectivity index (χ1) is 13.5. The predicted molar refractivity (Wildman–Crippen MR) is 104 cm³/mol. The molecule has 1 aromatic rings. The van der Waals surface area contributed by atoms with Gasteiger partial charge in [-0.25, -0.2) is 9.97 Å². The van der Waals surface area contributed by atoms with E-state index in [0.717, 1.165) is 49.3 Å². The van der Waals surface area contributed by atoms with Crippen LogP contribution in [-0.4, -0.2) is 71.0 Å². The normalized spacial score (nSPS) is 21.1. The molecular weight excluding hydrogens is 358 g/mol. The molecule has 0 saturated carbocycles. The van der Waals surface area contributed by atoms with Gasteiger partial charge in [0, 0.05) is 51.3 Å². The molecule has 2 aliphatic rings. The van der Waals surface area contributed by atoms with Gasteiger partial charge >= 0.3 is 0 Å². The average molecular weight is 390 g/mol. The van der Waals surface area contributed by atoms with E-state index >= 15 is 0 Å². The van der Waals surface area contributed by atoms with Crippen LogP contribution < -0.4 is 5.32 Å². The summed E-state index contributed by atoms with van der Waals surface area (Å²) in [5.74, 6) is 0.890. The summed E-state index contributed by atoms with van der Waals surface area (Å²) >= 11 is 0. The number of fused-ring (bicyclic) bond motifs is 1. The molecule has 2 atom stereocenters. The van der Waals surface area contributed by atoms with Crippen molar-refractivity contribution in [3.05, 3.63) is 23.3 Å². The molecule has 2 unspecified atom stereocenters. The number of carbonyl (C=O) groups excluding carboxylic acids is 2. The first-order valence-electron chi connectivity index (χ1n) is 10.1. The summed E-state index contributed by atoms with van der Waals surface area (Å²) in [6, 6.07) is 0.0540. The third kappa shape index (κ3) is 5.05. The first-order valence-corrected chi connectivity index (χ1v) is 10.1. The second-order valence-corrected chi connectivity index (χ2v) is 7.80. The lowest BCUT2D eigenvalue weighted by atomic mass is 10.0. The number of ether oxygens (including phenoxy) is 1. The highest BCUT2D eigenvalue weighted by molar-refractivity contribution is 5.78. The summed E-state index contributed by atoms with van der Waals surface area (Å²) in [5, 5.41) is 2.98. The van der Waals surface area contributed by atoms with E-state index < -0.39 is 0 Å². The molecule has 1 N–H and O–H groups in total. The maximum absolute atomic E-state index is 12.4. The van der Waals surface area contributed by atoms with Crippen molar-refractivity contribution in [2.75, 3.05) is 33.4 Å². The van der Waals surface area contributed by atoms with E-state index in [9.17, 15) is 9.59 Å². The molecule has 154 valence electrons. The fraction of sp³-hybridized carbons (Fsp3) is 0.700. The highest BCUT2D eigenvalue weighted by Gasteiger charge is 2.29. The van der Waals surface area contributed by atoms with E-state index in [1.165, 1.54) is 0 Å². The van der Waals surface area contributed by atoms with Gasteiger partial charge in [0.15, 0.2) is 0 Å². The van der Waals surface area contributed by atoms with E-state index in [1.54, 1.807) is 14.0 Å². The molecular formula is C20H31N5O3. The Balaban J connectivity index is 1.68. The zero-order chi connectivity index (χ0) is 20.1. The highest BCUT2D eigenvalue weighted by atomic mass is 16.5. The fourth-order valence-electron chi connectivity index (χ4n) is 4.03. The Morgan fingerprint density at radius 3 is 2.93 bits per heavy atom.